The number of hydrogen-bond donors (Lipinski definition) is 1. The number of hydrazone groups is 1. The highest BCUT2D eigenvalue weighted by molar-refractivity contribution is 6.46. The van der Waals surface area contributed by atoms with Crippen LogP contribution in [0, 0.1) is 5.92 Å². The monoisotopic (exact) mass is 317 g/mol. The Morgan fingerprint density at radius 3 is 2.74 bits per heavy atom. The molecule has 0 unspecified atom stereocenters. The number of amides is 2. The number of ether oxygens (including phenoxy) is 2. The van der Waals surface area contributed by atoms with Gasteiger partial charge in [0, 0.05) is 0 Å². The van der Waals surface area contributed by atoms with Gasteiger partial charge in [-0.15, -0.1) is 0 Å². The van der Waals surface area contributed by atoms with E-state index in [0.29, 0.717) is 18.0 Å². The molecule has 0 spiro atoms. The minimum absolute atomic E-state index is 0.0905. The lowest BCUT2D eigenvalue weighted by atomic mass is 9.99. The number of hydrogen-bond acceptors (Lipinski definition) is 7. The molecule has 1 saturated heterocycles. The Bertz CT molecular complexity index is 715. The average molecular weight is 317 g/mol. The van der Waals surface area contributed by atoms with Crippen molar-refractivity contribution in [3.63, 3.8) is 0 Å². The molecule has 0 bridgehead atoms. The van der Waals surface area contributed by atoms with Gasteiger partial charge in [-0.3, -0.25) is 15.0 Å². The summed E-state index contributed by atoms with van der Waals surface area (Å²) in [6, 6.07) is 5.86. The Morgan fingerprint density at radius 2 is 2.04 bits per heavy atom. The molecule has 1 N–H and O–H groups in total. The highest BCUT2D eigenvalue weighted by Gasteiger charge is 2.56. The van der Waals surface area contributed by atoms with Crippen LogP contribution in [0.15, 0.2) is 29.4 Å². The molecule has 0 aromatic heterocycles. The molecule has 1 aromatic rings. The summed E-state index contributed by atoms with van der Waals surface area (Å²) in [6.45, 7) is 2.20. The first-order valence-electron chi connectivity index (χ1n) is 7.11. The number of methoxy groups -OCH3 is 1. The molecular weight excluding hydrogens is 302 g/mol. The predicted octanol–water partition coefficient (Wildman–Crippen LogP) is 0.0755. The highest BCUT2D eigenvalue weighted by atomic mass is 16.5. The SMILES string of the molecule is CCOc1ccccc1N1C(=O)[C@@H]2C(C(=O)OC)=NN[C@@H]2C1=O. The summed E-state index contributed by atoms with van der Waals surface area (Å²) in [6.07, 6.45) is 0. The van der Waals surface area contributed by atoms with Gasteiger partial charge >= 0.3 is 5.97 Å². The van der Waals surface area contributed by atoms with Gasteiger partial charge in [-0.2, -0.15) is 5.10 Å². The van der Waals surface area contributed by atoms with Crippen molar-refractivity contribution in [2.45, 2.75) is 13.0 Å². The molecule has 23 heavy (non-hydrogen) atoms. The molecule has 1 aromatic carbocycles. The second-order valence-electron chi connectivity index (χ2n) is 4.99. The number of nitrogens with one attached hydrogen (secondary N) is 1. The molecule has 8 heteroatoms. The van der Waals surface area contributed by atoms with E-state index in [1.165, 1.54) is 7.11 Å². The van der Waals surface area contributed by atoms with Gasteiger partial charge in [-0.25, -0.2) is 9.69 Å². The van der Waals surface area contributed by atoms with E-state index in [1.807, 2.05) is 6.92 Å². The first-order chi connectivity index (χ1) is 11.1. The fourth-order valence-electron chi connectivity index (χ4n) is 2.72. The summed E-state index contributed by atoms with van der Waals surface area (Å²) in [7, 11) is 1.20. The molecule has 8 nitrogen and oxygen atoms in total. The van der Waals surface area contributed by atoms with Gasteiger partial charge in [-0.1, -0.05) is 12.1 Å². The number of carbonyl (C=O) groups excluding carboxylic acids is 3. The van der Waals surface area contributed by atoms with E-state index in [0.717, 1.165) is 4.90 Å². The topological polar surface area (TPSA) is 97.3 Å². The molecule has 2 atom stereocenters. The Balaban J connectivity index is 1.98. The number of rotatable bonds is 4. The lowest BCUT2D eigenvalue weighted by Crippen LogP contribution is -2.36. The van der Waals surface area contributed by atoms with Crippen molar-refractivity contribution >= 4 is 29.2 Å². The molecule has 3 rings (SSSR count). The standard InChI is InChI=1S/C15H15N3O5/c1-3-23-9-7-5-4-6-8(9)18-13(19)10-11(14(18)20)16-17-12(10)15(21)22-2/h4-7,10-11,16H,3H2,1-2H3/t10-,11-/m0/s1. The third-order valence-corrected chi connectivity index (χ3v) is 3.73. The van der Waals surface area contributed by atoms with Crippen LogP contribution in [0.3, 0.4) is 0 Å². The highest BCUT2D eigenvalue weighted by Crippen LogP contribution is 2.35. The average Bonchev–Trinajstić information content (AvgIpc) is 3.09. The van der Waals surface area contributed by atoms with Crippen molar-refractivity contribution in [1.82, 2.24) is 5.43 Å². The van der Waals surface area contributed by atoms with Crippen molar-refractivity contribution < 1.29 is 23.9 Å². The van der Waals surface area contributed by atoms with Crippen molar-refractivity contribution in [2.24, 2.45) is 11.0 Å². The van der Waals surface area contributed by atoms with E-state index in [2.05, 4.69) is 15.3 Å². The third kappa shape index (κ3) is 2.23. The number of esters is 1. The van der Waals surface area contributed by atoms with Gasteiger partial charge in [0.15, 0.2) is 5.71 Å². The van der Waals surface area contributed by atoms with Gasteiger partial charge in [0.2, 0.25) is 5.91 Å². The fraction of sp³-hybridized carbons (Fsp3) is 0.333. The van der Waals surface area contributed by atoms with Crippen LogP contribution < -0.4 is 15.1 Å². The van der Waals surface area contributed by atoms with Gasteiger partial charge in [0.25, 0.3) is 5.91 Å². The molecular formula is C15H15N3O5. The van der Waals surface area contributed by atoms with Crippen LogP contribution in [0.4, 0.5) is 5.69 Å². The van der Waals surface area contributed by atoms with Crippen molar-refractivity contribution in [1.29, 1.82) is 0 Å². The number of benzene rings is 1. The summed E-state index contributed by atoms with van der Waals surface area (Å²) in [5.74, 6) is -2.29. The van der Waals surface area contributed by atoms with E-state index in [9.17, 15) is 14.4 Å². The Kier molecular flexibility index (Phi) is 3.73. The number of fused-ring (bicyclic) bond motifs is 1. The molecule has 2 heterocycles. The van der Waals surface area contributed by atoms with E-state index >= 15 is 0 Å². The van der Waals surface area contributed by atoms with E-state index in [-0.39, 0.29) is 5.71 Å². The van der Waals surface area contributed by atoms with E-state index < -0.39 is 29.7 Å². The fourth-order valence-corrected chi connectivity index (χ4v) is 2.72. The Morgan fingerprint density at radius 1 is 1.30 bits per heavy atom. The first kappa shape index (κ1) is 15.0. The number of para-hydroxylation sites is 2. The molecule has 0 radical (unpaired) electrons. The minimum atomic E-state index is -0.982. The molecule has 2 aliphatic rings. The van der Waals surface area contributed by atoms with Gasteiger partial charge < -0.3 is 9.47 Å². The van der Waals surface area contributed by atoms with Gasteiger partial charge in [0.05, 0.1) is 19.4 Å². The first-order valence-corrected chi connectivity index (χ1v) is 7.11. The summed E-state index contributed by atoms with van der Waals surface area (Å²) in [5, 5.41) is 3.77. The maximum atomic E-state index is 12.7. The zero-order chi connectivity index (χ0) is 16.6. The quantitative estimate of drug-likeness (QED) is 0.624. The number of imide groups is 1. The summed E-state index contributed by atoms with van der Waals surface area (Å²) >= 11 is 0. The lowest BCUT2D eigenvalue weighted by Gasteiger charge is -2.19. The maximum Gasteiger partial charge on any atom is 0.355 e. The molecule has 0 saturated carbocycles. The zero-order valence-corrected chi connectivity index (χ0v) is 12.6. The predicted molar refractivity (Wildman–Crippen MR) is 80.0 cm³/mol. The Labute approximate surface area is 132 Å². The Hall–Kier alpha value is -2.90. The van der Waals surface area contributed by atoms with Crippen LogP contribution >= 0.6 is 0 Å². The van der Waals surface area contributed by atoms with Crippen molar-refractivity contribution in [3.05, 3.63) is 24.3 Å². The van der Waals surface area contributed by atoms with Gasteiger partial charge in [0.1, 0.15) is 17.7 Å². The number of nitrogens with zero attached hydrogens (tertiary/aromatic N) is 2. The van der Waals surface area contributed by atoms with Crippen molar-refractivity contribution in [2.75, 3.05) is 18.6 Å². The second kappa shape index (κ2) is 5.71. The summed E-state index contributed by atoms with van der Waals surface area (Å²) in [4.78, 5) is 38.0. The number of carbonyl (C=O) groups is 3. The van der Waals surface area contributed by atoms with Crippen LogP contribution in [-0.2, 0) is 19.1 Å². The van der Waals surface area contributed by atoms with E-state index in [4.69, 9.17) is 4.74 Å². The lowest BCUT2D eigenvalue weighted by molar-refractivity contribution is -0.133. The van der Waals surface area contributed by atoms with Crippen LogP contribution in [0.5, 0.6) is 5.75 Å². The van der Waals surface area contributed by atoms with Crippen LogP contribution in [0.2, 0.25) is 0 Å². The molecule has 2 aliphatic heterocycles. The number of anilines is 1. The largest absolute Gasteiger partial charge is 0.492 e. The third-order valence-electron chi connectivity index (χ3n) is 3.73. The van der Waals surface area contributed by atoms with Crippen LogP contribution in [-0.4, -0.2) is 43.3 Å². The normalized spacial score (nSPS) is 22.5. The molecule has 2 amide bonds. The second-order valence-corrected chi connectivity index (χ2v) is 4.99. The minimum Gasteiger partial charge on any atom is -0.492 e. The van der Waals surface area contributed by atoms with Crippen molar-refractivity contribution in [3.8, 4) is 5.75 Å². The zero-order valence-electron chi connectivity index (χ0n) is 12.6. The van der Waals surface area contributed by atoms with Crippen LogP contribution in [0.25, 0.3) is 0 Å². The molecule has 0 aliphatic carbocycles. The summed E-state index contributed by atoms with van der Waals surface area (Å²) in [5.41, 5.74) is 2.81. The van der Waals surface area contributed by atoms with Gasteiger partial charge in [-0.05, 0) is 19.1 Å². The van der Waals surface area contributed by atoms with E-state index in [1.54, 1.807) is 24.3 Å². The van der Waals surface area contributed by atoms with Crippen LogP contribution in [0.1, 0.15) is 6.92 Å². The molecule has 120 valence electrons. The molecule has 1 fully saturated rings. The summed E-state index contributed by atoms with van der Waals surface area (Å²) < 4.78 is 10.1. The maximum absolute atomic E-state index is 12.7. The smallest absolute Gasteiger partial charge is 0.355 e.